The van der Waals surface area contributed by atoms with E-state index in [1.54, 1.807) is 19.2 Å². The molecule has 0 aliphatic rings. The Balaban J connectivity index is 3.20. The van der Waals surface area contributed by atoms with E-state index in [-0.39, 0.29) is 11.9 Å². The molecule has 1 atom stereocenters. The third kappa shape index (κ3) is 2.33. The summed E-state index contributed by atoms with van der Waals surface area (Å²) in [4.78, 5) is 0. The highest BCUT2D eigenvalue weighted by Crippen LogP contribution is 2.38. The van der Waals surface area contributed by atoms with Crippen LogP contribution >= 0.6 is 0 Å². The van der Waals surface area contributed by atoms with Crippen molar-refractivity contribution in [1.29, 1.82) is 0 Å². The van der Waals surface area contributed by atoms with E-state index in [9.17, 15) is 5.11 Å². The molecule has 1 rings (SSSR count). The molecule has 0 fully saturated rings. The van der Waals surface area contributed by atoms with Gasteiger partial charge in [0.25, 0.3) is 0 Å². The van der Waals surface area contributed by atoms with Crippen molar-refractivity contribution in [2.75, 3.05) is 21.3 Å². The lowest BCUT2D eigenvalue weighted by molar-refractivity contribution is 0.119. The average Bonchev–Trinajstić information content (AvgIpc) is 2.28. The molecule has 1 aromatic carbocycles. The van der Waals surface area contributed by atoms with Gasteiger partial charge < -0.3 is 19.3 Å². The van der Waals surface area contributed by atoms with Crippen molar-refractivity contribution in [3.8, 4) is 17.2 Å². The fourth-order valence-corrected chi connectivity index (χ4v) is 1.28. The van der Waals surface area contributed by atoms with E-state index < -0.39 is 0 Å². The van der Waals surface area contributed by atoms with Crippen LogP contribution in [-0.2, 0) is 4.74 Å². The first-order chi connectivity index (χ1) is 7.13. The lowest BCUT2D eigenvalue weighted by Gasteiger charge is -2.14. The van der Waals surface area contributed by atoms with Crippen molar-refractivity contribution in [2.24, 2.45) is 0 Å². The minimum absolute atomic E-state index is 0.00653. The van der Waals surface area contributed by atoms with Gasteiger partial charge in [-0.1, -0.05) is 0 Å². The first-order valence-corrected chi connectivity index (χ1v) is 4.61. The summed E-state index contributed by atoms with van der Waals surface area (Å²) in [6.45, 7) is 1.91. The molecule has 0 heterocycles. The van der Waals surface area contributed by atoms with E-state index in [2.05, 4.69) is 0 Å². The Kier molecular flexibility index (Phi) is 3.80. The molecule has 1 N–H and O–H groups in total. The predicted octanol–water partition coefficient (Wildman–Crippen LogP) is 2.12. The van der Waals surface area contributed by atoms with Gasteiger partial charge in [-0.2, -0.15) is 0 Å². The standard InChI is InChI=1S/C11H16O4/c1-7(13-2)8-5-9(14-3)11(12)10(6-8)15-4/h5-7,12H,1-4H3. The van der Waals surface area contributed by atoms with Crippen LogP contribution in [0.1, 0.15) is 18.6 Å². The van der Waals surface area contributed by atoms with Crippen LogP contribution in [0, 0.1) is 0 Å². The Morgan fingerprint density at radius 1 is 1.07 bits per heavy atom. The van der Waals surface area contributed by atoms with Gasteiger partial charge in [0.15, 0.2) is 11.5 Å². The molecule has 15 heavy (non-hydrogen) atoms. The highest BCUT2D eigenvalue weighted by atomic mass is 16.5. The van der Waals surface area contributed by atoms with E-state index in [4.69, 9.17) is 14.2 Å². The normalized spacial score (nSPS) is 12.3. The maximum atomic E-state index is 9.68. The van der Waals surface area contributed by atoms with Gasteiger partial charge in [0.1, 0.15) is 0 Å². The molecular weight excluding hydrogens is 196 g/mol. The zero-order valence-corrected chi connectivity index (χ0v) is 9.40. The van der Waals surface area contributed by atoms with Gasteiger partial charge in [-0.25, -0.2) is 0 Å². The summed E-state index contributed by atoms with van der Waals surface area (Å²) in [5.41, 5.74) is 0.893. The molecule has 0 spiro atoms. The van der Waals surface area contributed by atoms with Gasteiger partial charge in [0.05, 0.1) is 20.3 Å². The fourth-order valence-electron chi connectivity index (χ4n) is 1.28. The van der Waals surface area contributed by atoms with Crippen molar-refractivity contribution in [2.45, 2.75) is 13.0 Å². The molecule has 0 aliphatic heterocycles. The van der Waals surface area contributed by atoms with Crippen molar-refractivity contribution < 1.29 is 19.3 Å². The van der Waals surface area contributed by atoms with Crippen molar-refractivity contribution in [1.82, 2.24) is 0 Å². The molecule has 4 heteroatoms. The summed E-state index contributed by atoms with van der Waals surface area (Å²) >= 11 is 0. The van der Waals surface area contributed by atoms with Gasteiger partial charge >= 0.3 is 0 Å². The Morgan fingerprint density at radius 2 is 1.53 bits per heavy atom. The Bertz CT molecular complexity index is 310. The number of ether oxygens (including phenoxy) is 3. The summed E-state index contributed by atoms with van der Waals surface area (Å²) in [6.07, 6.45) is -0.0756. The fraction of sp³-hybridized carbons (Fsp3) is 0.455. The van der Waals surface area contributed by atoms with Crippen LogP contribution in [-0.4, -0.2) is 26.4 Å². The smallest absolute Gasteiger partial charge is 0.200 e. The van der Waals surface area contributed by atoms with Crippen LogP contribution in [0.25, 0.3) is 0 Å². The molecule has 0 amide bonds. The van der Waals surface area contributed by atoms with E-state index in [0.29, 0.717) is 11.5 Å². The zero-order chi connectivity index (χ0) is 11.4. The van der Waals surface area contributed by atoms with E-state index in [1.165, 1.54) is 14.2 Å². The summed E-state index contributed by atoms with van der Waals surface area (Å²) in [5, 5.41) is 9.68. The van der Waals surface area contributed by atoms with Crippen molar-refractivity contribution >= 4 is 0 Å². The molecule has 0 aromatic heterocycles. The van der Waals surface area contributed by atoms with Gasteiger partial charge in [0.2, 0.25) is 5.75 Å². The zero-order valence-electron chi connectivity index (χ0n) is 9.40. The molecule has 4 nitrogen and oxygen atoms in total. The first-order valence-electron chi connectivity index (χ1n) is 4.61. The number of hydrogen-bond donors (Lipinski definition) is 1. The van der Waals surface area contributed by atoms with E-state index in [0.717, 1.165) is 5.56 Å². The summed E-state index contributed by atoms with van der Waals surface area (Å²) in [6, 6.07) is 3.46. The quantitative estimate of drug-likeness (QED) is 0.830. The Morgan fingerprint density at radius 3 is 1.87 bits per heavy atom. The average molecular weight is 212 g/mol. The third-order valence-electron chi connectivity index (χ3n) is 2.33. The second-order valence-corrected chi connectivity index (χ2v) is 3.15. The van der Waals surface area contributed by atoms with Crippen molar-refractivity contribution in [3.63, 3.8) is 0 Å². The molecule has 84 valence electrons. The molecule has 0 saturated heterocycles. The van der Waals surface area contributed by atoms with Gasteiger partial charge in [0, 0.05) is 7.11 Å². The number of phenols is 1. The minimum Gasteiger partial charge on any atom is -0.502 e. The number of phenolic OH excluding ortho intramolecular Hbond substituents is 1. The number of rotatable bonds is 4. The molecule has 0 radical (unpaired) electrons. The van der Waals surface area contributed by atoms with Crippen LogP contribution in [0.4, 0.5) is 0 Å². The number of methoxy groups -OCH3 is 3. The molecule has 0 saturated carbocycles. The number of aromatic hydroxyl groups is 1. The van der Waals surface area contributed by atoms with Crippen LogP contribution in [0.15, 0.2) is 12.1 Å². The lowest BCUT2D eigenvalue weighted by Crippen LogP contribution is -1.98. The predicted molar refractivity (Wildman–Crippen MR) is 56.6 cm³/mol. The third-order valence-corrected chi connectivity index (χ3v) is 2.33. The highest BCUT2D eigenvalue weighted by Gasteiger charge is 2.14. The highest BCUT2D eigenvalue weighted by molar-refractivity contribution is 5.53. The second kappa shape index (κ2) is 4.89. The molecule has 1 aromatic rings. The molecule has 1 unspecified atom stereocenters. The topological polar surface area (TPSA) is 47.9 Å². The van der Waals surface area contributed by atoms with Gasteiger partial charge in [-0.05, 0) is 24.6 Å². The molecule has 0 bridgehead atoms. The van der Waals surface area contributed by atoms with Crippen LogP contribution < -0.4 is 9.47 Å². The van der Waals surface area contributed by atoms with Crippen LogP contribution in [0.3, 0.4) is 0 Å². The summed E-state index contributed by atoms with van der Waals surface area (Å²) in [5.74, 6) is 0.772. The van der Waals surface area contributed by atoms with Crippen LogP contribution in [0.2, 0.25) is 0 Å². The maximum Gasteiger partial charge on any atom is 0.200 e. The maximum absolute atomic E-state index is 9.68. The monoisotopic (exact) mass is 212 g/mol. The second-order valence-electron chi connectivity index (χ2n) is 3.15. The van der Waals surface area contributed by atoms with Crippen molar-refractivity contribution in [3.05, 3.63) is 17.7 Å². The molecule has 0 aliphatic carbocycles. The lowest BCUT2D eigenvalue weighted by atomic mass is 10.1. The van der Waals surface area contributed by atoms with E-state index in [1.807, 2.05) is 6.92 Å². The molecular formula is C11H16O4. The summed E-state index contributed by atoms with van der Waals surface area (Å²) < 4.78 is 15.3. The van der Waals surface area contributed by atoms with Gasteiger partial charge in [-0.3, -0.25) is 0 Å². The Labute approximate surface area is 89.4 Å². The summed E-state index contributed by atoms with van der Waals surface area (Å²) in [7, 11) is 4.61. The first kappa shape index (κ1) is 11.7. The minimum atomic E-state index is -0.0756. The Hall–Kier alpha value is -1.42. The largest absolute Gasteiger partial charge is 0.502 e. The van der Waals surface area contributed by atoms with Crippen LogP contribution in [0.5, 0.6) is 17.2 Å². The number of hydrogen-bond acceptors (Lipinski definition) is 4. The number of benzene rings is 1. The van der Waals surface area contributed by atoms with E-state index >= 15 is 0 Å². The SMILES string of the molecule is COc1cc(C(C)OC)cc(OC)c1O. The van der Waals surface area contributed by atoms with Gasteiger partial charge in [-0.15, -0.1) is 0 Å².